The predicted molar refractivity (Wildman–Crippen MR) is 84.7 cm³/mol. The highest BCUT2D eigenvalue weighted by Crippen LogP contribution is 2.25. The van der Waals surface area contributed by atoms with Crippen LogP contribution in [0.25, 0.3) is 0 Å². The Balaban J connectivity index is 2.04. The molecule has 2 rings (SSSR count). The van der Waals surface area contributed by atoms with Crippen molar-refractivity contribution in [1.82, 2.24) is 5.32 Å². The first kappa shape index (κ1) is 16.3. The molecule has 0 spiro atoms. The fourth-order valence-corrected chi connectivity index (χ4v) is 2.24. The highest BCUT2D eigenvalue weighted by atomic mass is 79.9. The minimum Gasteiger partial charge on any atom is -0.475 e. The van der Waals surface area contributed by atoms with E-state index >= 15 is 0 Å². The van der Waals surface area contributed by atoms with Crippen LogP contribution in [0, 0.1) is 0 Å². The van der Waals surface area contributed by atoms with Gasteiger partial charge in [-0.1, -0.05) is 28.1 Å². The van der Waals surface area contributed by atoms with Crippen LogP contribution in [0.2, 0.25) is 0 Å². The number of carboxylic acid groups (broad SMARTS) is 1. The summed E-state index contributed by atoms with van der Waals surface area (Å²) >= 11 is 3.36. The molecular formula is C16H16BrNO4. The third kappa shape index (κ3) is 3.57. The van der Waals surface area contributed by atoms with Crippen LogP contribution in [-0.4, -0.2) is 17.0 Å². The molecule has 22 heavy (non-hydrogen) atoms. The van der Waals surface area contributed by atoms with E-state index in [2.05, 4.69) is 21.2 Å². The number of hydrogen-bond donors (Lipinski definition) is 2. The minimum atomic E-state index is -1.13. The fraction of sp³-hybridized carbons (Fsp3) is 0.250. The van der Waals surface area contributed by atoms with E-state index in [0.717, 1.165) is 10.0 Å². The van der Waals surface area contributed by atoms with E-state index in [1.54, 1.807) is 0 Å². The second-order valence-corrected chi connectivity index (χ2v) is 6.30. The molecule has 0 bridgehead atoms. The summed E-state index contributed by atoms with van der Waals surface area (Å²) in [5.41, 5.74) is 0.182. The number of amides is 1. The quantitative estimate of drug-likeness (QED) is 0.851. The number of aromatic carboxylic acids is 1. The first-order valence-electron chi connectivity index (χ1n) is 6.67. The highest BCUT2D eigenvalue weighted by molar-refractivity contribution is 9.10. The number of halogens is 1. The summed E-state index contributed by atoms with van der Waals surface area (Å²) in [6.45, 7) is 3.80. The van der Waals surface area contributed by atoms with Crippen LogP contribution >= 0.6 is 15.9 Å². The molecule has 5 nitrogen and oxygen atoms in total. The molecule has 1 amide bonds. The SMILES string of the molecule is CC(C)(C(=O)NCc1ccc(C(=O)O)o1)c1ccc(Br)cc1. The van der Waals surface area contributed by atoms with Crippen LogP contribution in [0.5, 0.6) is 0 Å². The van der Waals surface area contributed by atoms with Crippen LogP contribution in [-0.2, 0) is 16.8 Å². The second kappa shape index (κ2) is 6.36. The molecule has 0 aliphatic carbocycles. The summed E-state index contributed by atoms with van der Waals surface area (Å²) in [6, 6.07) is 10.4. The molecule has 6 heteroatoms. The average molecular weight is 366 g/mol. The van der Waals surface area contributed by atoms with Gasteiger partial charge in [0.05, 0.1) is 12.0 Å². The Labute approximate surface area is 136 Å². The summed E-state index contributed by atoms with van der Waals surface area (Å²) in [4.78, 5) is 23.1. The molecule has 1 aromatic heterocycles. The van der Waals surface area contributed by atoms with E-state index in [-0.39, 0.29) is 18.2 Å². The number of carbonyl (C=O) groups is 2. The van der Waals surface area contributed by atoms with Crippen LogP contribution < -0.4 is 5.32 Å². The van der Waals surface area contributed by atoms with Crippen molar-refractivity contribution in [2.24, 2.45) is 0 Å². The highest BCUT2D eigenvalue weighted by Gasteiger charge is 2.29. The van der Waals surface area contributed by atoms with Crippen molar-refractivity contribution in [3.63, 3.8) is 0 Å². The van der Waals surface area contributed by atoms with Crippen molar-refractivity contribution in [3.8, 4) is 0 Å². The largest absolute Gasteiger partial charge is 0.475 e. The smallest absolute Gasteiger partial charge is 0.371 e. The molecule has 116 valence electrons. The number of nitrogens with one attached hydrogen (secondary N) is 1. The normalized spacial score (nSPS) is 11.2. The van der Waals surface area contributed by atoms with Crippen molar-refractivity contribution in [3.05, 3.63) is 58.0 Å². The van der Waals surface area contributed by atoms with Crippen molar-refractivity contribution in [2.45, 2.75) is 25.8 Å². The summed E-state index contributed by atoms with van der Waals surface area (Å²) < 4.78 is 6.06. The first-order valence-corrected chi connectivity index (χ1v) is 7.46. The minimum absolute atomic E-state index is 0.142. The van der Waals surface area contributed by atoms with Crippen LogP contribution in [0.4, 0.5) is 0 Å². The molecule has 0 saturated heterocycles. The maximum absolute atomic E-state index is 12.4. The molecular weight excluding hydrogens is 350 g/mol. The van der Waals surface area contributed by atoms with Gasteiger partial charge in [0.15, 0.2) is 0 Å². The Morgan fingerprint density at radius 2 is 1.82 bits per heavy atom. The van der Waals surface area contributed by atoms with Crippen molar-refractivity contribution in [2.75, 3.05) is 0 Å². The summed E-state index contributed by atoms with van der Waals surface area (Å²) in [5, 5.41) is 11.6. The average Bonchev–Trinajstić information content (AvgIpc) is 2.94. The molecule has 0 aliphatic heterocycles. The van der Waals surface area contributed by atoms with Gasteiger partial charge in [0.1, 0.15) is 5.76 Å². The second-order valence-electron chi connectivity index (χ2n) is 5.39. The molecule has 1 heterocycles. The van der Waals surface area contributed by atoms with Crippen LogP contribution in [0.1, 0.15) is 35.7 Å². The maximum atomic E-state index is 12.4. The van der Waals surface area contributed by atoms with Crippen molar-refractivity contribution < 1.29 is 19.1 Å². The van der Waals surface area contributed by atoms with E-state index in [1.165, 1.54) is 12.1 Å². The summed E-state index contributed by atoms with van der Waals surface area (Å²) in [6.07, 6.45) is 0. The Morgan fingerprint density at radius 3 is 2.36 bits per heavy atom. The Kier molecular flexibility index (Phi) is 4.71. The fourth-order valence-electron chi connectivity index (χ4n) is 1.97. The van der Waals surface area contributed by atoms with E-state index in [0.29, 0.717) is 5.76 Å². The van der Waals surface area contributed by atoms with Gasteiger partial charge in [-0.2, -0.15) is 0 Å². The summed E-state index contributed by atoms with van der Waals surface area (Å²) in [7, 11) is 0. The molecule has 1 aromatic carbocycles. The molecule has 0 atom stereocenters. The van der Waals surface area contributed by atoms with Gasteiger partial charge >= 0.3 is 5.97 Å². The van der Waals surface area contributed by atoms with Gasteiger partial charge in [-0.25, -0.2) is 4.79 Å². The lowest BCUT2D eigenvalue weighted by atomic mass is 9.84. The maximum Gasteiger partial charge on any atom is 0.371 e. The zero-order valence-corrected chi connectivity index (χ0v) is 13.8. The molecule has 2 aromatic rings. The number of benzene rings is 1. The molecule has 0 unspecified atom stereocenters. The number of furan rings is 1. The van der Waals surface area contributed by atoms with E-state index in [4.69, 9.17) is 9.52 Å². The van der Waals surface area contributed by atoms with E-state index in [9.17, 15) is 9.59 Å². The molecule has 2 N–H and O–H groups in total. The molecule has 0 saturated carbocycles. The number of carboxylic acids is 1. The van der Waals surface area contributed by atoms with E-state index < -0.39 is 11.4 Å². The number of rotatable bonds is 5. The monoisotopic (exact) mass is 365 g/mol. The van der Waals surface area contributed by atoms with Gasteiger partial charge in [-0.05, 0) is 43.7 Å². The Hall–Kier alpha value is -2.08. The van der Waals surface area contributed by atoms with Gasteiger partial charge in [-0.3, -0.25) is 4.79 Å². The van der Waals surface area contributed by atoms with Gasteiger partial charge in [0.25, 0.3) is 0 Å². The third-order valence-electron chi connectivity index (χ3n) is 3.43. The standard InChI is InChI=1S/C16H16BrNO4/c1-16(2,10-3-5-11(17)6-4-10)15(21)18-9-12-7-8-13(22-12)14(19)20/h3-8H,9H2,1-2H3,(H,18,21)(H,19,20). The van der Waals surface area contributed by atoms with Crippen LogP contribution in [0.15, 0.2) is 45.3 Å². The van der Waals surface area contributed by atoms with Gasteiger partial charge < -0.3 is 14.8 Å². The van der Waals surface area contributed by atoms with Crippen LogP contribution in [0.3, 0.4) is 0 Å². The molecule has 0 radical (unpaired) electrons. The third-order valence-corrected chi connectivity index (χ3v) is 3.96. The topological polar surface area (TPSA) is 79.5 Å². The summed E-state index contributed by atoms with van der Waals surface area (Å²) in [5.74, 6) is -1.04. The lowest BCUT2D eigenvalue weighted by Gasteiger charge is -2.24. The van der Waals surface area contributed by atoms with Crippen molar-refractivity contribution in [1.29, 1.82) is 0 Å². The zero-order valence-electron chi connectivity index (χ0n) is 12.2. The number of hydrogen-bond acceptors (Lipinski definition) is 3. The van der Waals surface area contributed by atoms with Gasteiger partial charge in [0.2, 0.25) is 11.7 Å². The van der Waals surface area contributed by atoms with Crippen molar-refractivity contribution >= 4 is 27.8 Å². The lowest BCUT2D eigenvalue weighted by Crippen LogP contribution is -2.39. The zero-order chi connectivity index (χ0) is 16.3. The number of carbonyl (C=O) groups excluding carboxylic acids is 1. The predicted octanol–water partition coefficient (Wildman–Crippen LogP) is 3.33. The first-order chi connectivity index (χ1) is 10.3. The Morgan fingerprint density at radius 1 is 1.18 bits per heavy atom. The van der Waals surface area contributed by atoms with Gasteiger partial charge in [0, 0.05) is 4.47 Å². The van der Waals surface area contributed by atoms with E-state index in [1.807, 2.05) is 38.1 Å². The molecule has 0 aliphatic rings. The lowest BCUT2D eigenvalue weighted by molar-refractivity contribution is -0.125. The van der Waals surface area contributed by atoms with Gasteiger partial charge in [-0.15, -0.1) is 0 Å². The Bertz CT molecular complexity index is 688. The molecule has 0 fully saturated rings.